The molecule has 2 unspecified atom stereocenters. The lowest BCUT2D eigenvalue weighted by Crippen LogP contribution is -2.33. The number of hydrogen-bond donors (Lipinski definition) is 4. The second kappa shape index (κ2) is 6.86. The standard InChI is InChI=1S/C13H17NO5/c14-13(19)12(18)11(17)9-6-4-8(5-7-9)2-1-3-10(15)16/h4-7,11-12,17-18H,1-3H2,(H2,14,19)(H,15,16). The van der Waals surface area contributed by atoms with Crippen LogP contribution < -0.4 is 5.73 Å². The molecule has 1 aromatic rings. The SMILES string of the molecule is NC(=O)C(O)C(O)c1ccc(CCCC(=O)O)cc1. The Morgan fingerprint density at radius 3 is 2.21 bits per heavy atom. The minimum Gasteiger partial charge on any atom is -0.481 e. The van der Waals surface area contributed by atoms with Gasteiger partial charge < -0.3 is 21.1 Å². The summed E-state index contributed by atoms with van der Waals surface area (Å²) in [5, 5.41) is 27.5. The van der Waals surface area contributed by atoms with Gasteiger partial charge in [0, 0.05) is 6.42 Å². The van der Waals surface area contributed by atoms with E-state index in [4.69, 9.17) is 10.8 Å². The molecule has 104 valence electrons. The van der Waals surface area contributed by atoms with Crippen molar-refractivity contribution >= 4 is 11.9 Å². The Morgan fingerprint density at radius 2 is 1.74 bits per heavy atom. The van der Waals surface area contributed by atoms with Gasteiger partial charge in [-0.15, -0.1) is 0 Å². The highest BCUT2D eigenvalue weighted by Gasteiger charge is 2.23. The summed E-state index contributed by atoms with van der Waals surface area (Å²) in [5.41, 5.74) is 6.20. The van der Waals surface area contributed by atoms with Crippen molar-refractivity contribution in [1.29, 1.82) is 0 Å². The summed E-state index contributed by atoms with van der Waals surface area (Å²) in [6, 6.07) is 6.59. The molecule has 0 fully saturated rings. The van der Waals surface area contributed by atoms with Crippen LogP contribution in [0.15, 0.2) is 24.3 Å². The van der Waals surface area contributed by atoms with E-state index < -0.39 is 24.1 Å². The van der Waals surface area contributed by atoms with Crippen molar-refractivity contribution in [3.8, 4) is 0 Å². The Balaban J connectivity index is 2.60. The summed E-state index contributed by atoms with van der Waals surface area (Å²) < 4.78 is 0. The van der Waals surface area contributed by atoms with E-state index in [2.05, 4.69) is 0 Å². The summed E-state index contributed by atoms with van der Waals surface area (Å²) in [4.78, 5) is 21.1. The molecule has 0 heterocycles. The maximum absolute atomic E-state index is 10.7. The van der Waals surface area contributed by atoms with Gasteiger partial charge >= 0.3 is 5.97 Å². The van der Waals surface area contributed by atoms with Gasteiger partial charge in [-0.25, -0.2) is 0 Å². The van der Waals surface area contributed by atoms with Crippen molar-refractivity contribution in [1.82, 2.24) is 0 Å². The van der Waals surface area contributed by atoms with Crippen molar-refractivity contribution in [2.75, 3.05) is 0 Å². The molecule has 0 saturated carbocycles. The van der Waals surface area contributed by atoms with Crippen LogP contribution in [0, 0.1) is 0 Å². The van der Waals surface area contributed by atoms with E-state index >= 15 is 0 Å². The summed E-state index contributed by atoms with van der Waals surface area (Å²) in [6.07, 6.45) is -1.75. The van der Waals surface area contributed by atoms with Crippen molar-refractivity contribution in [2.45, 2.75) is 31.5 Å². The third kappa shape index (κ3) is 4.69. The molecule has 1 aromatic carbocycles. The first-order valence-corrected chi connectivity index (χ1v) is 5.88. The Bertz CT molecular complexity index is 443. The van der Waals surface area contributed by atoms with Crippen LogP contribution in [0.5, 0.6) is 0 Å². The van der Waals surface area contributed by atoms with Crippen LogP contribution in [0.1, 0.15) is 30.1 Å². The van der Waals surface area contributed by atoms with Crippen LogP contribution in [0.2, 0.25) is 0 Å². The minimum atomic E-state index is -1.64. The van der Waals surface area contributed by atoms with Crippen LogP contribution in [-0.4, -0.2) is 33.3 Å². The predicted molar refractivity (Wildman–Crippen MR) is 67.2 cm³/mol. The van der Waals surface area contributed by atoms with E-state index in [1.54, 1.807) is 24.3 Å². The lowest BCUT2D eigenvalue weighted by atomic mass is 10.0. The van der Waals surface area contributed by atoms with Gasteiger partial charge in [0.15, 0.2) is 6.10 Å². The van der Waals surface area contributed by atoms with Gasteiger partial charge in [0.05, 0.1) is 0 Å². The average molecular weight is 267 g/mol. The molecule has 0 saturated heterocycles. The zero-order valence-corrected chi connectivity index (χ0v) is 10.3. The molecule has 1 rings (SSSR count). The number of carbonyl (C=O) groups excluding carboxylic acids is 1. The summed E-state index contributed by atoms with van der Waals surface area (Å²) in [6.45, 7) is 0. The smallest absolute Gasteiger partial charge is 0.303 e. The van der Waals surface area contributed by atoms with E-state index in [0.29, 0.717) is 18.4 Å². The Hall–Kier alpha value is -1.92. The lowest BCUT2D eigenvalue weighted by Gasteiger charge is -2.15. The number of carboxylic acid groups (broad SMARTS) is 1. The van der Waals surface area contributed by atoms with E-state index in [-0.39, 0.29) is 6.42 Å². The van der Waals surface area contributed by atoms with Gasteiger partial charge in [-0.05, 0) is 24.0 Å². The summed E-state index contributed by atoms with van der Waals surface area (Å²) in [7, 11) is 0. The highest BCUT2D eigenvalue weighted by Crippen LogP contribution is 2.18. The Labute approximate surface area is 110 Å². The van der Waals surface area contributed by atoms with Crippen LogP contribution in [0.4, 0.5) is 0 Å². The first-order valence-electron chi connectivity index (χ1n) is 5.88. The fourth-order valence-corrected chi connectivity index (χ4v) is 1.66. The van der Waals surface area contributed by atoms with E-state index in [1.165, 1.54) is 0 Å². The summed E-state index contributed by atoms with van der Waals surface area (Å²) in [5.74, 6) is -1.82. The first-order chi connectivity index (χ1) is 8.91. The van der Waals surface area contributed by atoms with Gasteiger partial charge in [0.2, 0.25) is 5.91 Å². The quantitative estimate of drug-likeness (QED) is 0.553. The van der Waals surface area contributed by atoms with Gasteiger partial charge in [0.25, 0.3) is 0 Å². The average Bonchev–Trinajstić information content (AvgIpc) is 2.37. The fourth-order valence-electron chi connectivity index (χ4n) is 1.66. The molecule has 0 radical (unpaired) electrons. The molecule has 0 aromatic heterocycles. The number of rotatable bonds is 7. The second-order valence-electron chi connectivity index (χ2n) is 4.28. The molecule has 0 bridgehead atoms. The maximum Gasteiger partial charge on any atom is 0.303 e. The second-order valence-corrected chi connectivity index (χ2v) is 4.28. The Kier molecular flexibility index (Phi) is 5.47. The van der Waals surface area contributed by atoms with Crippen LogP contribution >= 0.6 is 0 Å². The van der Waals surface area contributed by atoms with Crippen molar-refractivity contribution in [3.63, 3.8) is 0 Å². The third-order valence-corrected chi connectivity index (χ3v) is 2.77. The molecular weight excluding hydrogens is 250 g/mol. The highest BCUT2D eigenvalue weighted by molar-refractivity contribution is 5.79. The molecule has 0 aliphatic rings. The molecule has 2 atom stereocenters. The van der Waals surface area contributed by atoms with Crippen molar-refractivity contribution in [2.24, 2.45) is 5.73 Å². The number of carboxylic acids is 1. The number of benzene rings is 1. The van der Waals surface area contributed by atoms with Crippen LogP contribution in [-0.2, 0) is 16.0 Å². The molecule has 6 nitrogen and oxygen atoms in total. The zero-order chi connectivity index (χ0) is 14.4. The van der Waals surface area contributed by atoms with Gasteiger partial charge in [0.1, 0.15) is 6.10 Å². The number of primary amides is 1. The number of carbonyl (C=O) groups is 2. The highest BCUT2D eigenvalue weighted by atomic mass is 16.4. The topological polar surface area (TPSA) is 121 Å². The number of aliphatic hydroxyl groups excluding tert-OH is 2. The van der Waals surface area contributed by atoms with E-state index in [1.807, 2.05) is 0 Å². The lowest BCUT2D eigenvalue weighted by molar-refractivity contribution is -0.137. The number of nitrogens with two attached hydrogens (primary N) is 1. The van der Waals surface area contributed by atoms with Crippen molar-refractivity contribution in [3.05, 3.63) is 35.4 Å². The van der Waals surface area contributed by atoms with E-state index in [0.717, 1.165) is 5.56 Å². The summed E-state index contributed by atoms with van der Waals surface area (Å²) >= 11 is 0. The molecule has 5 N–H and O–H groups in total. The maximum atomic E-state index is 10.7. The fraction of sp³-hybridized carbons (Fsp3) is 0.385. The zero-order valence-electron chi connectivity index (χ0n) is 10.3. The molecule has 0 spiro atoms. The molecule has 19 heavy (non-hydrogen) atoms. The van der Waals surface area contributed by atoms with Crippen LogP contribution in [0.3, 0.4) is 0 Å². The number of amides is 1. The Morgan fingerprint density at radius 1 is 1.16 bits per heavy atom. The van der Waals surface area contributed by atoms with E-state index in [9.17, 15) is 19.8 Å². The monoisotopic (exact) mass is 267 g/mol. The minimum absolute atomic E-state index is 0.102. The predicted octanol–water partition coefficient (Wildman–Crippen LogP) is -0.0265. The largest absolute Gasteiger partial charge is 0.481 e. The third-order valence-electron chi connectivity index (χ3n) is 2.77. The number of aliphatic hydroxyl groups is 2. The van der Waals surface area contributed by atoms with Crippen LogP contribution in [0.25, 0.3) is 0 Å². The molecule has 6 heteroatoms. The molecule has 0 aliphatic heterocycles. The van der Waals surface area contributed by atoms with Gasteiger partial charge in [-0.3, -0.25) is 9.59 Å². The molecule has 0 aliphatic carbocycles. The molecule has 1 amide bonds. The van der Waals surface area contributed by atoms with Gasteiger partial charge in [-0.2, -0.15) is 0 Å². The number of aliphatic carboxylic acids is 1. The molecular formula is C13H17NO5. The number of hydrogen-bond acceptors (Lipinski definition) is 4. The normalized spacial score (nSPS) is 13.8. The van der Waals surface area contributed by atoms with Gasteiger partial charge in [-0.1, -0.05) is 24.3 Å². The number of aryl methyl sites for hydroxylation is 1. The first kappa shape index (κ1) is 15.1. The van der Waals surface area contributed by atoms with Crippen molar-refractivity contribution < 1.29 is 24.9 Å².